The van der Waals surface area contributed by atoms with E-state index in [0.29, 0.717) is 24.1 Å². The monoisotopic (exact) mass is 354 g/mol. The molecule has 1 aromatic heterocycles. The van der Waals surface area contributed by atoms with Crippen molar-refractivity contribution in [1.82, 2.24) is 4.98 Å². The third-order valence-electron chi connectivity index (χ3n) is 3.54. The highest BCUT2D eigenvalue weighted by Gasteiger charge is 2.44. The Morgan fingerprint density at radius 1 is 1.48 bits per heavy atom. The van der Waals surface area contributed by atoms with E-state index >= 15 is 0 Å². The van der Waals surface area contributed by atoms with Gasteiger partial charge in [-0.3, -0.25) is 4.90 Å². The molecule has 0 saturated heterocycles. The number of anilines is 1. The lowest BCUT2D eigenvalue weighted by atomic mass is 10.1. The maximum atomic E-state index is 12.6. The molecule has 114 valence electrons. The van der Waals surface area contributed by atoms with Gasteiger partial charge in [0.15, 0.2) is 0 Å². The molecule has 0 spiro atoms. The molecule has 1 saturated carbocycles. The van der Waals surface area contributed by atoms with Crippen LogP contribution in [0.25, 0.3) is 0 Å². The third-order valence-corrected chi connectivity index (χ3v) is 3.97. The van der Waals surface area contributed by atoms with E-state index in [1.54, 1.807) is 11.1 Å². The average Bonchev–Trinajstić information content (AvgIpc) is 3.19. The molecule has 1 atom stereocenters. The first-order chi connectivity index (χ1) is 9.85. The van der Waals surface area contributed by atoms with Crippen LogP contribution in [0.4, 0.5) is 10.5 Å². The van der Waals surface area contributed by atoms with Crippen molar-refractivity contribution in [1.29, 1.82) is 0 Å². The van der Waals surface area contributed by atoms with Gasteiger partial charge in [0.25, 0.3) is 0 Å². The number of nitrogens with zero attached hydrogens (tertiary/aromatic N) is 2. The van der Waals surface area contributed by atoms with E-state index in [2.05, 4.69) is 20.9 Å². The molecule has 3 rings (SSSR count). The standard InChI is InChI=1S/C15H19BrN2O3/c1-15(2,3)21-14(19)18-11-6-10(16)7-17-13(11)20-8-12(18)9-4-5-9/h6-7,9,12H,4-5,8H2,1-3H3. The molecule has 2 heterocycles. The van der Waals surface area contributed by atoms with Crippen molar-refractivity contribution < 1.29 is 14.3 Å². The molecule has 1 amide bonds. The van der Waals surface area contributed by atoms with Crippen LogP contribution < -0.4 is 9.64 Å². The first kappa shape index (κ1) is 14.6. The van der Waals surface area contributed by atoms with E-state index in [-0.39, 0.29) is 12.1 Å². The van der Waals surface area contributed by atoms with Gasteiger partial charge in [-0.15, -0.1) is 0 Å². The van der Waals surface area contributed by atoms with Gasteiger partial charge in [0.2, 0.25) is 5.88 Å². The quantitative estimate of drug-likeness (QED) is 0.770. The van der Waals surface area contributed by atoms with Gasteiger partial charge in [-0.25, -0.2) is 9.78 Å². The normalized spacial score (nSPS) is 21.5. The summed E-state index contributed by atoms with van der Waals surface area (Å²) >= 11 is 3.40. The Kier molecular flexibility index (Phi) is 3.59. The van der Waals surface area contributed by atoms with Crippen LogP contribution in [0, 0.1) is 5.92 Å². The van der Waals surface area contributed by atoms with Crippen LogP contribution in [0.2, 0.25) is 0 Å². The van der Waals surface area contributed by atoms with Crippen molar-refractivity contribution >= 4 is 27.7 Å². The number of halogens is 1. The largest absolute Gasteiger partial charge is 0.474 e. The van der Waals surface area contributed by atoms with Crippen LogP contribution in [-0.2, 0) is 4.74 Å². The van der Waals surface area contributed by atoms with Gasteiger partial charge in [-0.1, -0.05) is 0 Å². The van der Waals surface area contributed by atoms with E-state index in [1.165, 1.54) is 0 Å². The summed E-state index contributed by atoms with van der Waals surface area (Å²) in [7, 11) is 0. The average molecular weight is 355 g/mol. The van der Waals surface area contributed by atoms with Gasteiger partial charge in [-0.05, 0) is 61.5 Å². The number of amides is 1. The van der Waals surface area contributed by atoms with E-state index in [9.17, 15) is 4.79 Å². The summed E-state index contributed by atoms with van der Waals surface area (Å²) in [5.74, 6) is 0.977. The molecule has 6 heteroatoms. The molecule has 1 unspecified atom stereocenters. The molecule has 0 bridgehead atoms. The highest BCUT2D eigenvalue weighted by atomic mass is 79.9. The topological polar surface area (TPSA) is 51.7 Å². The van der Waals surface area contributed by atoms with Crippen molar-refractivity contribution in [2.45, 2.75) is 45.3 Å². The summed E-state index contributed by atoms with van der Waals surface area (Å²) in [6, 6.07) is 1.89. The fourth-order valence-electron chi connectivity index (χ4n) is 2.49. The number of carbonyl (C=O) groups excluding carboxylic acids is 1. The summed E-state index contributed by atoms with van der Waals surface area (Å²) in [5.41, 5.74) is 0.157. The molecule has 0 N–H and O–H groups in total. The summed E-state index contributed by atoms with van der Waals surface area (Å²) in [5, 5.41) is 0. The van der Waals surface area contributed by atoms with Crippen LogP contribution in [0.5, 0.6) is 5.88 Å². The first-order valence-corrected chi connectivity index (χ1v) is 7.95. The molecular weight excluding hydrogens is 336 g/mol. The van der Waals surface area contributed by atoms with E-state index in [1.807, 2.05) is 26.8 Å². The van der Waals surface area contributed by atoms with Crippen LogP contribution in [-0.4, -0.2) is 29.3 Å². The van der Waals surface area contributed by atoms with Crippen LogP contribution >= 0.6 is 15.9 Å². The Bertz CT molecular complexity index is 567. The van der Waals surface area contributed by atoms with Gasteiger partial charge >= 0.3 is 6.09 Å². The number of pyridine rings is 1. The number of aromatic nitrogens is 1. The second-order valence-electron chi connectivity index (χ2n) is 6.54. The SMILES string of the molecule is CC(C)(C)OC(=O)N1c2cc(Br)cnc2OCC1C1CC1. The first-order valence-electron chi connectivity index (χ1n) is 7.16. The minimum Gasteiger partial charge on any atom is -0.474 e. The lowest BCUT2D eigenvalue weighted by molar-refractivity contribution is 0.0534. The lowest BCUT2D eigenvalue weighted by Gasteiger charge is -2.37. The highest BCUT2D eigenvalue weighted by Crippen LogP contribution is 2.43. The molecule has 1 aliphatic heterocycles. The van der Waals surface area contributed by atoms with Crippen LogP contribution in [0.1, 0.15) is 33.6 Å². The van der Waals surface area contributed by atoms with Crippen LogP contribution in [0.3, 0.4) is 0 Å². The smallest absolute Gasteiger partial charge is 0.415 e. The number of fused-ring (bicyclic) bond motifs is 1. The van der Waals surface area contributed by atoms with Crippen molar-refractivity contribution in [2.75, 3.05) is 11.5 Å². The molecule has 1 fully saturated rings. The van der Waals surface area contributed by atoms with Gasteiger partial charge in [0.1, 0.15) is 17.9 Å². The zero-order valence-corrected chi connectivity index (χ0v) is 14.0. The van der Waals surface area contributed by atoms with Crippen molar-refractivity contribution in [3.63, 3.8) is 0 Å². The van der Waals surface area contributed by atoms with Crippen molar-refractivity contribution in [3.8, 4) is 5.88 Å². The second kappa shape index (κ2) is 5.16. The summed E-state index contributed by atoms with van der Waals surface area (Å²) in [6.45, 7) is 6.10. The fraction of sp³-hybridized carbons (Fsp3) is 0.600. The van der Waals surface area contributed by atoms with E-state index in [4.69, 9.17) is 9.47 Å². The molecule has 0 aromatic carbocycles. The number of hydrogen-bond acceptors (Lipinski definition) is 4. The van der Waals surface area contributed by atoms with Gasteiger partial charge in [0, 0.05) is 10.7 Å². The van der Waals surface area contributed by atoms with Crippen molar-refractivity contribution in [3.05, 3.63) is 16.7 Å². The van der Waals surface area contributed by atoms with Gasteiger partial charge in [-0.2, -0.15) is 0 Å². The third kappa shape index (κ3) is 3.15. The number of carbonyl (C=O) groups is 1. The maximum absolute atomic E-state index is 12.6. The molecule has 21 heavy (non-hydrogen) atoms. The molecule has 1 aromatic rings. The number of ether oxygens (including phenoxy) is 2. The zero-order chi connectivity index (χ0) is 15.2. The second-order valence-corrected chi connectivity index (χ2v) is 7.46. The fourth-order valence-corrected chi connectivity index (χ4v) is 2.81. The number of hydrogen-bond donors (Lipinski definition) is 0. The predicted octanol–water partition coefficient (Wildman–Crippen LogP) is 3.76. The Balaban J connectivity index is 1.96. The Morgan fingerprint density at radius 3 is 2.81 bits per heavy atom. The Morgan fingerprint density at radius 2 is 2.19 bits per heavy atom. The lowest BCUT2D eigenvalue weighted by Crippen LogP contribution is -2.50. The highest BCUT2D eigenvalue weighted by molar-refractivity contribution is 9.10. The zero-order valence-electron chi connectivity index (χ0n) is 12.4. The van der Waals surface area contributed by atoms with Crippen LogP contribution in [0.15, 0.2) is 16.7 Å². The minimum atomic E-state index is -0.525. The Hall–Kier alpha value is -1.30. The van der Waals surface area contributed by atoms with Gasteiger partial charge in [0.05, 0.1) is 6.04 Å². The summed E-state index contributed by atoms with van der Waals surface area (Å²) in [4.78, 5) is 18.6. The molecule has 1 aliphatic carbocycles. The molecule has 0 radical (unpaired) electrons. The summed E-state index contributed by atoms with van der Waals surface area (Å²) < 4.78 is 12.1. The summed E-state index contributed by atoms with van der Waals surface area (Å²) in [6.07, 6.45) is 3.60. The maximum Gasteiger partial charge on any atom is 0.415 e. The predicted molar refractivity (Wildman–Crippen MR) is 82.7 cm³/mol. The molecular formula is C15H19BrN2O3. The van der Waals surface area contributed by atoms with Crippen molar-refractivity contribution in [2.24, 2.45) is 5.92 Å². The van der Waals surface area contributed by atoms with E-state index in [0.717, 1.165) is 17.3 Å². The van der Waals surface area contributed by atoms with Gasteiger partial charge < -0.3 is 9.47 Å². The minimum absolute atomic E-state index is 0.0310. The van der Waals surface area contributed by atoms with E-state index < -0.39 is 5.60 Å². The molecule has 5 nitrogen and oxygen atoms in total. The molecule has 2 aliphatic rings. The number of rotatable bonds is 1. The Labute approximate surface area is 132 Å².